The maximum atomic E-state index is 13.9. The van der Waals surface area contributed by atoms with Crippen molar-refractivity contribution in [1.82, 2.24) is 9.55 Å². The van der Waals surface area contributed by atoms with Crippen LogP contribution in [0.1, 0.15) is 31.0 Å². The lowest BCUT2D eigenvalue weighted by molar-refractivity contribution is -0.139. The van der Waals surface area contributed by atoms with E-state index in [9.17, 15) is 9.59 Å². The average Bonchev–Trinajstić information content (AvgIpc) is 3.21. The van der Waals surface area contributed by atoms with Crippen molar-refractivity contribution in [2.75, 3.05) is 20.8 Å². The zero-order chi connectivity index (χ0) is 26.1. The van der Waals surface area contributed by atoms with Crippen molar-refractivity contribution in [3.63, 3.8) is 0 Å². The first-order chi connectivity index (χ1) is 18.0. The molecule has 0 amide bonds. The van der Waals surface area contributed by atoms with Gasteiger partial charge in [0.15, 0.2) is 4.80 Å². The average molecular weight is 516 g/mol. The number of aromatic nitrogens is 2. The second-order valence-electron chi connectivity index (χ2n) is 8.36. The van der Waals surface area contributed by atoms with Gasteiger partial charge in [0.2, 0.25) is 0 Å². The van der Waals surface area contributed by atoms with Gasteiger partial charge < -0.3 is 14.2 Å². The van der Waals surface area contributed by atoms with Gasteiger partial charge in [0.25, 0.3) is 5.56 Å². The molecule has 0 saturated carbocycles. The first-order valence-electron chi connectivity index (χ1n) is 11.7. The Bertz CT molecular complexity index is 1720. The summed E-state index contributed by atoms with van der Waals surface area (Å²) in [7, 11) is 3.16. The zero-order valence-electron chi connectivity index (χ0n) is 20.8. The van der Waals surface area contributed by atoms with Crippen LogP contribution in [0, 0.1) is 0 Å². The first kappa shape index (κ1) is 24.5. The molecule has 1 aliphatic heterocycles. The lowest BCUT2D eigenvalue weighted by Gasteiger charge is -2.27. The van der Waals surface area contributed by atoms with E-state index in [1.54, 1.807) is 51.1 Å². The number of methoxy groups -OCH3 is 2. The molecule has 4 aromatic rings. The standard InChI is InChI=1S/C28H25N3O5S/c1-5-36-27(33)23-16(2)30-28-31(26(32)22(37-28)13-17-7-6-12-29-15-17)25(23)24-20-14-19(34-3)10-8-18(20)9-11-21(24)35-4/h6-15,25H,5H2,1-4H3/t25-/m0/s1. The number of thiazole rings is 1. The number of esters is 1. The topological polar surface area (TPSA) is 92.0 Å². The van der Waals surface area contributed by atoms with Crippen LogP contribution in [-0.2, 0) is 9.53 Å². The van der Waals surface area contributed by atoms with Crippen molar-refractivity contribution in [1.29, 1.82) is 0 Å². The fourth-order valence-electron chi connectivity index (χ4n) is 4.57. The predicted molar refractivity (Wildman–Crippen MR) is 142 cm³/mol. The molecule has 2 aromatic heterocycles. The Balaban J connectivity index is 1.88. The molecular weight excluding hydrogens is 490 g/mol. The maximum Gasteiger partial charge on any atom is 0.338 e. The Morgan fingerprint density at radius 1 is 1.16 bits per heavy atom. The molecule has 2 aromatic carbocycles. The summed E-state index contributed by atoms with van der Waals surface area (Å²) in [5.41, 5.74) is 1.95. The second-order valence-corrected chi connectivity index (χ2v) is 9.37. The van der Waals surface area contributed by atoms with Gasteiger partial charge in [-0.3, -0.25) is 14.3 Å². The number of hydrogen-bond acceptors (Lipinski definition) is 8. The number of hydrogen-bond donors (Lipinski definition) is 0. The van der Waals surface area contributed by atoms with Gasteiger partial charge >= 0.3 is 5.97 Å². The summed E-state index contributed by atoms with van der Waals surface area (Å²) in [6, 6.07) is 12.3. The van der Waals surface area contributed by atoms with Crippen molar-refractivity contribution in [2.24, 2.45) is 4.99 Å². The SMILES string of the molecule is CCOC(=O)C1=C(C)N=c2sc(=Cc3cccnc3)c(=O)n2[C@@H]1c1c(OC)ccc2ccc(OC)cc12. The normalized spacial score (nSPS) is 15.4. The largest absolute Gasteiger partial charge is 0.497 e. The summed E-state index contributed by atoms with van der Waals surface area (Å²) < 4.78 is 18.8. The maximum absolute atomic E-state index is 13.9. The number of ether oxygens (including phenoxy) is 3. The minimum absolute atomic E-state index is 0.189. The molecule has 0 unspecified atom stereocenters. The van der Waals surface area contributed by atoms with E-state index in [0.717, 1.165) is 16.3 Å². The van der Waals surface area contributed by atoms with E-state index in [0.29, 0.717) is 32.1 Å². The number of carbonyl (C=O) groups excluding carboxylic acids is 1. The Morgan fingerprint density at radius 3 is 2.68 bits per heavy atom. The van der Waals surface area contributed by atoms with Gasteiger partial charge in [-0.15, -0.1) is 0 Å². The van der Waals surface area contributed by atoms with Crippen LogP contribution in [0.3, 0.4) is 0 Å². The molecule has 3 heterocycles. The van der Waals surface area contributed by atoms with Crippen LogP contribution in [0.15, 0.2) is 75.9 Å². The first-order valence-corrected chi connectivity index (χ1v) is 12.5. The highest BCUT2D eigenvalue weighted by molar-refractivity contribution is 7.07. The van der Waals surface area contributed by atoms with Crippen molar-refractivity contribution in [3.05, 3.63) is 96.9 Å². The number of rotatable bonds is 6. The molecule has 0 N–H and O–H groups in total. The molecule has 0 aliphatic carbocycles. The quantitative estimate of drug-likeness (QED) is 0.366. The highest BCUT2D eigenvalue weighted by Gasteiger charge is 2.36. The highest BCUT2D eigenvalue weighted by Crippen LogP contribution is 2.41. The number of carbonyl (C=O) groups is 1. The molecule has 0 spiro atoms. The molecular formula is C28H25N3O5S. The molecule has 188 valence electrons. The summed E-state index contributed by atoms with van der Waals surface area (Å²) in [6.45, 7) is 3.69. The monoisotopic (exact) mass is 515 g/mol. The van der Waals surface area contributed by atoms with Crippen molar-refractivity contribution >= 4 is 34.2 Å². The minimum Gasteiger partial charge on any atom is -0.497 e. The molecule has 0 saturated heterocycles. The summed E-state index contributed by atoms with van der Waals surface area (Å²) >= 11 is 1.26. The Morgan fingerprint density at radius 2 is 1.97 bits per heavy atom. The van der Waals surface area contributed by atoms with E-state index in [-0.39, 0.29) is 17.7 Å². The number of nitrogens with zero attached hydrogens (tertiary/aromatic N) is 3. The molecule has 9 heteroatoms. The Labute approximate surface area is 216 Å². The third-order valence-electron chi connectivity index (χ3n) is 6.22. The van der Waals surface area contributed by atoms with E-state index < -0.39 is 12.0 Å². The molecule has 0 radical (unpaired) electrons. The molecule has 37 heavy (non-hydrogen) atoms. The van der Waals surface area contributed by atoms with E-state index in [2.05, 4.69) is 9.98 Å². The molecule has 5 rings (SSSR count). The molecule has 0 bridgehead atoms. The number of allylic oxidation sites excluding steroid dienone is 1. The van der Waals surface area contributed by atoms with E-state index in [4.69, 9.17) is 14.2 Å². The lowest BCUT2D eigenvalue weighted by atomic mass is 9.90. The smallest absolute Gasteiger partial charge is 0.338 e. The van der Waals surface area contributed by atoms with Crippen molar-refractivity contribution < 1.29 is 19.0 Å². The third-order valence-corrected chi connectivity index (χ3v) is 7.21. The van der Waals surface area contributed by atoms with Crippen LogP contribution in [0.5, 0.6) is 11.5 Å². The van der Waals surface area contributed by atoms with Gasteiger partial charge in [0.05, 0.1) is 36.6 Å². The van der Waals surface area contributed by atoms with E-state index >= 15 is 0 Å². The van der Waals surface area contributed by atoms with Gasteiger partial charge in [-0.05, 0) is 60.5 Å². The van der Waals surface area contributed by atoms with Gasteiger partial charge in [-0.2, -0.15) is 0 Å². The van der Waals surface area contributed by atoms with Gasteiger partial charge in [0, 0.05) is 18.0 Å². The summed E-state index contributed by atoms with van der Waals surface area (Å²) in [5, 5.41) is 1.70. The summed E-state index contributed by atoms with van der Waals surface area (Å²) in [5.74, 6) is 0.644. The summed E-state index contributed by atoms with van der Waals surface area (Å²) in [4.78, 5) is 36.5. The van der Waals surface area contributed by atoms with Crippen LogP contribution in [0.2, 0.25) is 0 Å². The zero-order valence-corrected chi connectivity index (χ0v) is 21.7. The molecule has 1 aliphatic rings. The third kappa shape index (κ3) is 4.31. The lowest BCUT2D eigenvalue weighted by Crippen LogP contribution is -2.40. The van der Waals surface area contributed by atoms with Gasteiger partial charge in [0.1, 0.15) is 17.5 Å². The predicted octanol–water partition coefficient (Wildman–Crippen LogP) is 3.36. The van der Waals surface area contributed by atoms with Crippen LogP contribution in [0.4, 0.5) is 0 Å². The number of fused-ring (bicyclic) bond motifs is 2. The number of pyridine rings is 1. The van der Waals surface area contributed by atoms with Crippen molar-refractivity contribution in [2.45, 2.75) is 19.9 Å². The Hall–Kier alpha value is -4.24. The number of benzene rings is 2. The molecule has 1 atom stereocenters. The molecule has 8 nitrogen and oxygen atoms in total. The van der Waals surface area contributed by atoms with E-state index in [1.807, 2.05) is 42.5 Å². The van der Waals surface area contributed by atoms with Crippen LogP contribution < -0.4 is 24.4 Å². The highest BCUT2D eigenvalue weighted by atomic mass is 32.1. The minimum atomic E-state index is -0.822. The molecule has 0 fully saturated rings. The second kappa shape index (κ2) is 10.0. The fourth-order valence-corrected chi connectivity index (χ4v) is 5.61. The fraction of sp³-hybridized carbons (Fsp3) is 0.214. The summed E-state index contributed by atoms with van der Waals surface area (Å²) in [6.07, 6.45) is 5.14. The van der Waals surface area contributed by atoms with E-state index in [1.165, 1.54) is 11.3 Å². The van der Waals surface area contributed by atoms with Crippen LogP contribution >= 0.6 is 11.3 Å². The van der Waals surface area contributed by atoms with Gasteiger partial charge in [-0.1, -0.05) is 29.5 Å². The van der Waals surface area contributed by atoms with Crippen molar-refractivity contribution in [3.8, 4) is 11.5 Å². The van der Waals surface area contributed by atoms with Crippen LogP contribution in [-0.4, -0.2) is 36.3 Å². The Kier molecular flexibility index (Phi) is 6.62. The van der Waals surface area contributed by atoms with Crippen LogP contribution in [0.25, 0.3) is 16.8 Å². The van der Waals surface area contributed by atoms with Gasteiger partial charge in [-0.25, -0.2) is 9.79 Å².